The first-order valence-electron chi connectivity index (χ1n) is 9.95. The largest absolute Gasteiger partial charge is 0.481 e. The molecule has 0 aliphatic carbocycles. The Labute approximate surface area is 169 Å². The lowest BCUT2D eigenvalue weighted by atomic mass is 9.89. The number of benzene rings is 2. The fraction of sp³-hybridized carbons (Fsp3) is 0.391. The van der Waals surface area contributed by atoms with Gasteiger partial charge < -0.3 is 10.0 Å². The van der Waals surface area contributed by atoms with E-state index in [-0.39, 0.29) is 30.1 Å². The summed E-state index contributed by atoms with van der Waals surface area (Å²) in [6.07, 6.45) is 0.0321. The summed E-state index contributed by atoms with van der Waals surface area (Å²) < 4.78 is 13.8. The summed E-state index contributed by atoms with van der Waals surface area (Å²) in [5.41, 5.74) is 2.81. The maximum atomic E-state index is 13.8. The second kappa shape index (κ2) is 7.95. The molecule has 2 aliphatic heterocycles. The second-order valence-corrected chi connectivity index (χ2v) is 8.18. The van der Waals surface area contributed by atoms with Crippen LogP contribution in [0.2, 0.25) is 0 Å². The van der Waals surface area contributed by atoms with E-state index in [0.717, 1.165) is 36.3 Å². The van der Waals surface area contributed by atoms with Gasteiger partial charge in [-0.15, -0.1) is 0 Å². The zero-order chi connectivity index (χ0) is 20.5. The van der Waals surface area contributed by atoms with Crippen LogP contribution >= 0.6 is 0 Å². The van der Waals surface area contributed by atoms with Crippen molar-refractivity contribution in [2.45, 2.75) is 25.9 Å². The number of hydrogen-bond donors (Lipinski definition) is 1. The Hall–Kier alpha value is -2.73. The summed E-state index contributed by atoms with van der Waals surface area (Å²) in [7, 11) is 0. The molecular weight excluding hydrogens is 371 g/mol. The molecule has 2 fully saturated rings. The summed E-state index contributed by atoms with van der Waals surface area (Å²) in [6.45, 7) is 4.83. The van der Waals surface area contributed by atoms with Crippen molar-refractivity contribution in [3.63, 3.8) is 0 Å². The van der Waals surface area contributed by atoms with Crippen molar-refractivity contribution in [1.29, 1.82) is 0 Å². The van der Waals surface area contributed by atoms with Crippen LogP contribution in [-0.4, -0.2) is 46.4 Å². The molecule has 152 valence electrons. The lowest BCUT2D eigenvalue weighted by Crippen LogP contribution is -2.34. The van der Waals surface area contributed by atoms with Crippen LogP contribution in [0.5, 0.6) is 0 Å². The predicted octanol–water partition coefficient (Wildman–Crippen LogP) is 3.10. The van der Waals surface area contributed by atoms with Gasteiger partial charge in [0.1, 0.15) is 5.82 Å². The molecule has 0 bridgehead atoms. The quantitative estimate of drug-likeness (QED) is 0.844. The number of hydrogen-bond acceptors (Lipinski definition) is 3. The van der Waals surface area contributed by atoms with E-state index in [4.69, 9.17) is 5.11 Å². The molecule has 1 amide bonds. The SMILES string of the molecule is CC(=O)N1C[C@H]2CN(Cc3ccc(CC(=O)O)cc3)C[C@H]2[C@@H]1c1cccc(F)c1. The average molecular weight is 396 g/mol. The molecule has 5 nitrogen and oxygen atoms in total. The van der Waals surface area contributed by atoms with Crippen molar-refractivity contribution in [2.24, 2.45) is 11.8 Å². The third-order valence-electron chi connectivity index (χ3n) is 6.12. The summed E-state index contributed by atoms with van der Waals surface area (Å²) >= 11 is 0. The smallest absolute Gasteiger partial charge is 0.307 e. The van der Waals surface area contributed by atoms with Gasteiger partial charge in [0.2, 0.25) is 5.91 Å². The molecule has 6 heteroatoms. The minimum Gasteiger partial charge on any atom is -0.481 e. The maximum Gasteiger partial charge on any atom is 0.307 e. The molecule has 0 saturated carbocycles. The van der Waals surface area contributed by atoms with Crippen LogP contribution in [0.3, 0.4) is 0 Å². The zero-order valence-corrected chi connectivity index (χ0v) is 16.4. The lowest BCUT2D eigenvalue weighted by molar-refractivity contribution is -0.136. The van der Waals surface area contributed by atoms with Crippen LogP contribution in [0.4, 0.5) is 4.39 Å². The van der Waals surface area contributed by atoms with Crippen LogP contribution in [0.15, 0.2) is 48.5 Å². The molecule has 0 aromatic heterocycles. The van der Waals surface area contributed by atoms with Crippen LogP contribution in [0, 0.1) is 17.7 Å². The molecular formula is C23H25FN2O3. The standard InChI is InChI=1S/C23H25FN2O3/c1-15(27)26-13-19-12-25(11-17-7-5-16(6-8-17)9-22(28)29)14-21(19)23(26)18-3-2-4-20(24)10-18/h2-8,10,19,21,23H,9,11-14H2,1H3,(H,28,29)/t19-,21-,23+/m1/s1. The first kappa shape index (κ1) is 19.6. The first-order valence-corrected chi connectivity index (χ1v) is 9.95. The van der Waals surface area contributed by atoms with Gasteiger partial charge in [0.05, 0.1) is 12.5 Å². The highest BCUT2D eigenvalue weighted by Gasteiger charge is 2.48. The van der Waals surface area contributed by atoms with E-state index in [0.29, 0.717) is 12.5 Å². The number of likely N-dealkylation sites (tertiary alicyclic amines) is 2. The lowest BCUT2D eigenvalue weighted by Gasteiger charge is -2.29. The van der Waals surface area contributed by atoms with Crippen molar-refractivity contribution in [3.05, 3.63) is 71.0 Å². The van der Waals surface area contributed by atoms with Gasteiger partial charge in [0, 0.05) is 39.0 Å². The number of halogens is 1. The third kappa shape index (κ3) is 4.17. The Bertz CT molecular complexity index is 915. The summed E-state index contributed by atoms with van der Waals surface area (Å²) in [6, 6.07) is 14.2. The van der Waals surface area contributed by atoms with Crippen LogP contribution in [-0.2, 0) is 22.6 Å². The van der Waals surface area contributed by atoms with E-state index < -0.39 is 5.97 Å². The van der Waals surface area contributed by atoms with E-state index in [1.54, 1.807) is 19.1 Å². The Balaban J connectivity index is 1.47. The number of carbonyl (C=O) groups is 2. The predicted molar refractivity (Wildman–Crippen MR) is 107 cm³/mol. The van der Waals surface area contributed by atoms with Crippen LogP contribution in [0.25, 0.3) is 0 Å². The number of nitrogens with zero attached hydrogens (tertiary/aromatic N) is 2. The Kier molecular flexibility index (Phi) is 5.37. The van der Waals surface area contributed by atoms with Crippen LogP contribution < -0.4 is 0 Å². The van der Waals surface area contributed by atoms with E-state index in [1.807, 2.05) is 35.2 Å². The van der Waals surface area contributed by atoms with Gasteiger partial charge in [-0.05, 0) is 34.7 Å². The maximum absolute atomic E-state index is 13.8. The van der Waals surface area contributed by atoms with Gasteiger partial charge in [-0.25, -0.2) is 4.39 Å². The van der Waals surface area contributed by atoms with E-state index >= 15 is 0 Å². The molecule has 29 heavy (non-hydrogen) atoms. The average Bonchev–Trinajstić information content (AvgIpc) is 3.20. The van der Waals surface area contributed by atoms with Crippen molar-refractivity contribution in [3.8, 4) is 0 Å². The molecule has 0 spiro atoms. The van der Waals surface area contributed by atoms with Gasteiger partial charge in [0.25, 0.3) is 0 Å². The number of amides is 1. The highest BCUT2D eigenvalue weighted by molar-refractivity contribution is 5.74. The number of carboxylic acid groups (broad SMARTS) is 1. The van der Waals surface area contributed by atoms with Crippen molar-refractivity contribution < 1.29 is 19.1 Å². The normalized spacial score (nSPS) is 23.9. The van der Waals surface area contributed by atoms with E-state index in [2.05, 4.69) is 4.90 Å². The van der Waals surface area contributed by atoms with Crippen molar-refractivity contribution in [2.75, 3.05) is 19.6 Å². The molecule has 2 aromatic rings. The molecule has 4 rings (SSSR count). The third-order valence-corrected chi connectivity index (χ3v) is 6.12. The first-order chi connectivity index (χ1) is 13.9. The van der Waals surface area contributed by atoms with Crippen molar-refractivity contribution in [1.82, 2.24) is 9.80 Å². The zero-order valence-electron chi connectivity index (χ0n) is 16.4. The Morgan fingerprint density at radius 1 is 1.07 bits per heavy atom. The fourth-order valence-corrected chi connectivity index (χ4v) is 4.90. The molecule has 0 unspecified atom stereocenters. The highest BCUT2D eigenvalue weighted by atomic mass is 19.1. The molecule has 2 saturated heterocycles. The molecule has 2 aliphatic rings. The van der Waals surface area contributed by atoms with Gasteiger partial charge in [0.15, 0.2) is 0 Å². The number of carboxylic acids is 1. The number of carbonyl (C=O) groups excluding carboxylic acids is 1. The fourth-order valence-electron chi connectivity index (χ4n) is 4.90. The Morgan fingerprint density at radius 2 is 1.79 bits per heavy atom. The number of aliphatic carboxylic acids is 1. The molecule has 0 radical (unpaired) electrons. The van der Waals surface area contributed by atoms with E-state index in [9.17, 15) is 14.0 Å². The minimum absolute atomic E-state index is 0.0321. The highest BCUT2D eigenvalue weighted by Crippen LogP contribution is 2.45. The van der Waals surface area contributed by atoms with Gasteiger partial charge in [-0.2, -0.15) is 0 Å². The van der Waals surface area contributed by atoms with Gasteiger partial charge in [-0.1, -0.05) is 36.4 Å². The second-order valence-electron chi connectivity index (χ2n) is 8.18. The van der Waals surface area contributed by atoms with Gasteiger partial charge in [-0.3, -0.25) is 14.5 Å². The van der Waals surface area contributed by atoms with Crippen LogP contribution in [0.1, 0.15) is 29.7 Å². The Morgan fingerprint density at radius 3 is 2.45 bits per heavy atom. The number of rotatable bonds is 5. The molecule has 3 atom stereocenters. The van der Waals surface area contributed by atoms with E-state index in [1.165, 1.54) is 6.07 Å². The summed E-state index contributed by atoms with van der Waals surface area (Å²) in [5.74, 6) is -0.408. The topological polar surface area (TPSA) is 60.9 Å². The minimum atomic E-state index is -0.830. The summed E-state index contributed by atoms with van der Waals surface area (Å²) in [5, 5.41) is 8.89. The van der Waals surface area contributed by atoms with Gasteiger partial charge >= 0.3 is 5.97 Å². The summed E-state index contributed by atoms with van der Waals surface area (Å²) in [4.78, 5) is 27.3. The number of fused-ring (bicyclic) bond motifs is 1. The molecule has 2 heterocycles. The molecule has 1 N–H and O–H groups in total. The monoisotopic (exact) mass is 396 g/mol. The van der Waals surface area contributed by atoms with Crippen molar-refractivity contribution >= 4 is 11.9 Å². The molecule has 2 aromatic carbocycles.